The fraction of sp³-hybridized carbons (Fsp3) is 0.118. The molecule has 21 heavy (non-hydrogen) atoms. The van der Waals surface area contributed by atoms with Gasteiger partial charge in [0.15, 0.2) is 0 Å². The Balaban J connectivity index is 2.02. The van der Waals surface area contributed by atoms with Crippen molar-refractivity contribution in [2.75, 3.05) is 5.73 Å². The van der Waals surface area contributed by atoms with Gasteiger partial charge in [-0.1, -0.05) is 60.1 Å². The zero-order valence-corrected chi connectivity index (χ0v) is 12.5. The van der Waals surface area contributed by atoms with E-state index in [1.165, 1.54) is 0 Å². The molecular weight excluding hydrogens is 282 g/mol. The molecule has 0 bridgehead atoms. The summed E-state index contributed by atoms with van der Waals surface area (Å²) < 4.78 is 1.82. The summed E-state index contributed by atoms with van der Waals surface area (Å²) in [6.45, 7) is 2.63. The first kappa shape index (κ1) is 13.7. The van der Waals surface area contributed by atoms with Crippen molar-refractivity contribution < 1.29 is 0 Å². The maximum atomic E-state index is 6.26. The lowest BCUT2D eigenvalue weighted by Crippen LogP contribution is -2.06. The van der Waals surface area contributed by atoms with Crippen LogP contribution in [-0.2, 0) is 6.54 Å². The Morgan fingerprint density at radius 1 is 1.05 bits per heavy atom. The second-order valence-electron chi connectivity index (χ2n) is 4.98. The highest BCUT2D eigenvalue weighted by Gasteiger charge is 2.15. The minimum atomic E-state index is 0.651. The van der Waals surface area contributed by atoms with Gasteiger partial charge in [0.05, 0.1) is 17.3 Å². The largest absolute Gasteiger partial charge is 0.384 e. The van der Waals surface area contributed by atoms with Gasteiger partial charge in [-0.3, -0.25) is 0 Å². The van der Waals surface area contributed by atoms with E-state index in [1.54, 1.807) is 0 Å². The lowest BCUT2D eigenvalue weighted by atomic mass is 10.1. The van der Waals surface area contributed by atoms with Crippen molar-refractivity contribution >= 4 is 17.4 Å². The molecule has 3 aromatic rings. The minimum Gasteiger partial charge on any atom is -0.384 e. The van der Waals surface area contributed by atoms with Crippen LogP contribution in [0.4, 0.5) is 5.82 Å². The van der Waals surface area contributed by atoms with Crippen LogP contribution in [0.5, 0.6) is 0 Å². The van der Waals surface area contributed by atoms with Crippen LogP contribution < -0.4 is 5.73 Å². The van der Waals surface area contributed by atoms with Crippen LogP contribution in [0.15, 0.2) is 54.6 Å². The molecule has 0 aliphatic heterocycles. The third-order valence-corrected chi connectivity index (χ3v) is 3.87. The number of hydrogen-bond acceptors (Lipinski definition) is 2. The molecule has 0 saturated heterocycles. The monoisotopic (exact) mass is 297 g/mol. The lowest BCUT2D eigenvalue weighted by Gasteiger charge is -2.04. The highest BCUT2D eigenvalue weighted by atomic mass is 35.5. The predicted molar refractivity (Wildman–Crippen MR) is 87.4 cm³/mol. The standard InChI is InChI=1S/C17H16ClN3/c1-12-16(14-9-5-6-10-15(14)18)20-21(17(12)19)11-13-7-3-2-4-8-13/h2-10H,11,19H2,1H3. The van der Waals surface area contributed by atoms with E-state index in [0.717, 1.165) is 22.4 Å². The van der Waals surface area contributed by atoms with Crippen molar-refractivity contribution in [3.05, 3.63) is 70.7 Å². The summed E-state index contributed by atoms with van der Waals surface area (Å²) in [5.41, 5.74) is 10.1. The average molecular weight is 298 g/mol. The molecule has 0 unspecified atom stereocenters. The van der Waals surface area contributed by atoms with Crippen LogP contribution in [0.2, 0.25) is 5.02 Å². The van der Waals surface area contributed by atoms with Crippen LogP contribution in [0.25, 0.3) is 11.3 Å². The van der Waals surface area contributed by atoms with Crippen LogP contribution >= 0.6 is 11.6 Å². The van der Waals surface area contributed by atoms with E-state index < -0.39 is 0 Å². The topological polar surface area (TPSA) is 43.8 Å². The predicted octanol–water partition coefficient (Wildman–Crippen LogP) is 4.14. The van der Waals surface area contributed by atoms with Crippen LogP contribution in [0.3, 0.4) is 0 Å². The molecule has 2 N–H and O–H groups in total. The molecule has 0 amide bonds. The summed E-state index contributed by atoms with van der Waals surface area (Å²) in [5, 5.41) is 5.33. The van der Waals surface area contributed by atoms with Crippen LogP contribution in [0, 0.1) is 6.92 Å². The Morgan fingerprint density at radius 3 is 2.43 bits per heavy atom. The highest BCUT2D eigenvalue weighted by Crippen LogP contribution is 2.31. The van der Waals surface area contributed by atoms with E-state index in [1.807, 2.05) is 54.1 Å². The second kappa shape index (κ2) is 5.62. The van der Waals surface area contributed by atoms with Gasteiger partial charge in [0, 0.05) is 11.1 Å². The highest BCUT2D eigenvalue weighted by molar-refractivity contribution is 6.33. The molecule has 0 spiro atoms. The first-order valence-corrected chi connectivity index (χ1v) is 7.16. The van der Waals surface area contributed by atoms with E-state index >= 15 is 0 Å². The molecular formula is C17H16ClN3. The number of benzene rings is 2. The smallest absolute Gasteiger partial charge is 0.125 e. The summed E-state index contributed by atoms with van der Waals surface area (Å²) in [7, 11) is 0. The number of nitrogen functional groups attached to an aromatic ring is 1. The maximum Gasteiger partial charge on any atom is 0.125 e. The normalized spacial score (nSPS) is 10.8. The third-order valence-electron chi connectivity index (χ3n) is 3.54. The second-order valence-corrected chi connectivity index (χ2v) is 5.39. The van der Waals surface area contributed by atoms with E-state index in [-0.39, 0.29) is 0 Å². The molecule has 0 saturated carbocycles. The van der Waals surface area contributed by atoms with E-state index in [9.17, 15) is 0 Å². The van der Waals surface area contributed by atoms with Gasteiger partial charge in [0.1, 0.15) is 5.82 Å². The molecule has 0 aliphatic carbocycles. The summed E-state index contributed by atoms with van der Waals surface area (Å²) in [5.74, 6) is 0.675. The molecule has 2 aromatic carbocycles. The zero-order chi connectivity index (χ0) is 14.8. The fourth-order valence-electron chi connectivity index (χ4n) is 2.35. The molecule has 4 heteroatoms. The molecule has 0 aliphatic rings. The molecule has 0 atom stereocenters. The van der Waals surface area contributed by atoms with E-state index in [4.69, 9.17) is 17.3 Å². The van der Waals surface area contributed by atoms with Crippen LogP contribution in [0.1, 0.15) is 11.1 Å². The van der Waals surface area contributed by atoms with Gasteiger partial charge in [0.2, 0.25) is 0 Å². The zero-order valence-electron chi connectivity index (χ0n) is 11.8. The first-order valence-electron chi connectivity index (χ1n) is 6.78. The van der Waals surface area contributed by atoms with Gasteiger partial charge in [-0.05, 0) is 18.6 Å². The van der Waals surface area contributed by atoms with Gasteiger partial charge in [-0.2, -0.15) is 5.10 Å². The summed E-state index contributed by atoms with van der Waals surface area (Å²) >= 11 is 6.26. The Kier molecular flexibility index (Phi) is 3.67. The van der Waals surface area contributed by atoms with Gasteiger partial charge in [-0.15, -0.1) is 0 Å². The van der Waals surface area contributed by atoms with E-state index in [2.05, 4.69) is 17.2 Å². The third kappa shape index (κ3) is 2.65. The molecule has 0 radical (unpaired) electrons. The van der Waals surface area contributed by atoms with Gasteiger partial charge in [-0.25, -0.2) is 4.68 Å². The number of nitrogens with zero attached hydrogens (tertiary/aromatic N) is 2. The molecule has 3 rings (SSSR count). The number of rotatable bonds is 3. The minimum absolute atomic E-state index is 0.651. The molecule has 0 fully saturated rings. The van der Waals surface area contributed by atoms with Gasteiger partial charge < -0.3 is 5.73 Å². The van der Waals surface area contributed by atoms with Crippen LogP contribution in [-0.4, -0.2) is 9.78 Å². The number of halogens is 1. The Labute approximate surface area is 129 Å². The van der Waals surface area contributed by atoms with Crippen molar-refractivity contribution in [3.63, 3.8) is 0 Å². The van der Waals surface area contributed by atoms with Crippen molar-refractivity contribution in [2.24, 2.45) is 0 Å². The Morgan fingerprint density at radius 2 is 1.71 bits per heavy atom. The lowest BCUT2D eigenvalue weighted by molar-refractivity contribution is 0.699. The summed E-state index contributed by atoms with van der Waals surface area (Å²) in [6.07, 6.45) is 0. The number of aromatic nitrogens is 2. The number of hydrogen-bond donors (Lipinski definition) is 1. The van der Waals surface area contributed by atoms with E-state index in [0.29, 0.717) is 17.4 Å². The quantitative estimate of drug-likeness (QED) is 0.789. The summed E-state index contributed by atoms with van der Waals surface area (Å²) in [4.78, 5) is 0. The molecule has 1 aromatic heterocycles. The first-order chi connectivity index (χ1) is 10.2. The van der Waals surface area contributed by atoms with Gasteiger partial charge in [0.25, 0.3) is 0 Å². The number of nitrogens with two attached hydrogens (primary N) is 1. The molecule has 106 valence electrons. The van der Waals surface area contributed by atoms with Crippen molar-refractivity contribution in [2.45, 2.75) is 13.5 Å². The summed E-state index contributed by atoms with van der Waals surface area (Å²) in [6, 6.07) is 17.8. The van der Waals surface area contributed by atoms with Gasteiger partial charge >= 0.3 is 0 Å². The molecule has 1 heterocycles. The fourth-order valence-corrected chi connectivity index (χ4v) is 2.58. The SMILES string of the molecule is Cc1c(-c2ccccc2Cl)nn(Cc2ccccc2)c1N. The Bertz CT molecular complexity index is 763. The average Bonchev–Trinajstić information content (AvgIpc) is 2.77. The maximum absolute atomic E-state index is 6.26. The van der Waals surface area contributed by atoms with Crippen molar-refractivity contribution in [1.29, 1.82) is 0 Å². The van der Waals surface area contributed by atoms with Crippen molar-refractivity contribution in [1.82, 2.24) is 9.78 Å². The molecule has 3 nitrogen and oxygen atoms in total. The number of anilines is 1. The van der Waals surface area contributed by atoms with Crippen molar-refractivity contribution in [3.8, 4) is 11.3 Å². The Hall–Kier alpha value is -2.26.